The van der Waals surface area contributed by atoms with Crippen LogP contribution in [0, 0.1) is 0 Å². The molecule has 0 fully saturated rings. The van der Waals surface area contributed by atoms with E-state index in [9.17, 15) is 4.79 Å². The summed E-state index contributed by atoms with van der Waals surface area (Å²) in [4.78, 5) is 12.4. The molecule has 0 atom stereocenters. The van der Waals surface area contributed by atoms with E-state index in [0.29, 0.717) is 22.8 Å². The molecule has 3 N–H and O–H groups in total. The third-order valence-electron chi connectivity index (χ3n) is 3.07. The number of nitrogens with one attached hydrogen (secondary N) is 1. The Morgan fingerprint density at radius 2 is 2.00 bits per heavy atom. The fourth-order valence-corrected chi connectivity index (χ4v) is 2.60. The summed E-state index contributed by atoms with van der Waals surface area (Å²) in [5.74, 6) is 0.727. The molecule has 2 aromatic rings. The van der Waals surface area contributed by atoms with E-state index in [1.807, 2.05) is 33.8 Å². The molecule has 1 aromatic heterocycles. The fourth-order valence-electron chi connectivity index (χ4n) is 2.13. The zero-order valence-electron chi connectivity index (χ0n) is 13.6. The number of anilines is 2. The number of ether oxygens (including phenoxy) is 1. The van der Waals surface area contributed by atoms with E-state index < -0.39 is 0 Å². The summed E-state index contributed by atoms with van der Waals surface area (Å²) >= 11 is 3.41. The monoisotopic (exact) mass is 380 g/mol. The summed E-state index contributed by atoms with van der Waals surface area (Å²) in [5.41, 5.74) is 6.96. The predicted octanol–water partition coefficient (Wildman–Crippen LogP) is 3.85. The van der Waals surface area contributed by atoms with E-state index in [1.54, 1.807) is 16.8 Å². The number of rotatable bonds is 5. The van der Waals surface area contributed by atoms with Crippen molar-refractivity contribution >= 4 is 33.3 Å². The molecule has 0 unspecified atom stereocenters. The molecule has 0 saturated heterocycles. The van der Waals surface area contributed by atoms with Gasteiger partial charge >= 0.3 is 0 Å². The molecule has 0 spiro atoms. The molecule has 0 aliphatic heterocycles. The number of hydrogen-bond donors (Lipinski definition) is 2. The van der Waals surface area contributed by atoms with Crippen LogP contribution in [0.1, 0.15) is 44.1 Å². The van der Waals surface area contributed by atoms with Gasteiger partial charge in [0.1, 0.15) is 17.1 Å². The van der Waals surface area contributed by atoms with E-state index in [2.05, 4.69) is 26.3 Å². The molecular weight excluding hydrogens is 360 g/mol. The van der Waals surface area contributed by atoms with Gasteiger partial charge in [-0.3, -0.25) is 4.79 Å². The topological polar surface area (TPSA) is 82.2 Å². The van der Waals surface area contributed by atoms with Crippen molar-refractivity contribution in [3.63, 3.8) is 0 Å². The first-order valence-corrected chi connectivity index (χ1v) is 8.18. The lowest BCUT2D eigenvalue weighted by Crippen LogP contribution is -2.15. The van der Waals surface area contributed by atoms with Gasteiger partial charge < -0.3 is 15.8 Å². The lowest BCUT2D eigenvalue weighted by atomic mass is 10.2. The zero-order chi connectivity index (χ0) is 17.1. The minimum Gasteiger partial charge on any atom is -0.491 e. The second-order valence-corrected chi connectivity index (χ2v) is 6.69. The number of amides is 1. The van der Waals surface area contributed by atoms with Crippen LogP contribution in [0.2, 0.25) is 0 Å². The van der Waals surface area contributed by atoms with E-state index in [1.165, 1.54) is 6.20 Å². The number of nitrogens with two attached hydrogens (primary N) is 1. The molecule has 23 heavy (non-hydrogen) atoms. The SMILES string of the molecule is CC(C)Oc1cc(Br)cc(NC(=O)c2cnn(C(C)C)c2N)c1. The summed E-state index contributed by atoms with van der Waals surface area (Å²) in [6.45, 7) is 7.80. The van der Waals surface area contributed by atoms with Crippen molar-refractivity contribution in [2.75, 3.05) is 11.1 Å². The van der Waals surface area contributed by atoms with Crippen molar-refractivity contribution < 1.29 is 9.53 Å². The minimum absolute atomic E-state index is 0.0489. The number of carbonyl (C=O) groups excluding carboxylic acids is 1. The largest absolute Gasteiger partial charge is 0.491 e. The Labute approximate surface area is 144 Å². The molecule has 124 valence electrons. The van der Waals surface area contributed by atoms with Crippen molar-refractivity contribution in [3.8, 4) is 5.75 Å². The molecule has 7 heteroatoms. The lowest BCUT2D eigenvalue weighted by molar-refractivity contribution is 0.102. The average molecular weight is 381 g/mol. The molecule has 6 nitrogen and oxygen atoms in total. The van der Waals surface area contributed by atoms with E-state index in [4.69, 9.17) is 10.5 Å². The highest BCUT2D eigenvalue weighted by Crippen LogP contribution is 2.26. The molecule has 0 aliphatic rings. The summed E-state index contributed by atoms with van der Waals surface area (Å²) < 4.78 is 8.09. The maximum absolute atomic E-state index is 12.4. The molecule has 0 radical (unpaired) electrons. The van der Waals surface area contributed by atoms with Crippen LogP contribution < -0.4 is 15.8 Å². The molecule has 1 aromatic carbocycles. The van der Waals surface area contributed by atoms with Crippen LogP contribution in [0.5, 0.6) is 5.75 Å². The van der Waals surface area contributed by atoms with Crippen LogP contribution >= 0.6 is 15.9 Å². The van der Waals surface area contributed by atoms with E-state index in [-0.39, 0.29) is 18.1 Å². The van der Waals surface area contributed by atoms with Gasteiger partial charge in [0.05, 0.1) is 12.3 Å². The van der Waals surface area contributed by atoms with Gasteiger partial charge in [-0.25, -0.2) is 4.68 Å². The summed E-state index contributed by atoms with van der Waals surface area (Å²) in [6, 6.07) is 5.51. The van der Waals surface area contributed by atoms with Crippen LogP contribution in [0.15, 0.2) is 28.9 Å². The minimum atomic E-state index is -0.303. The molecule has 1 amide bonds. The highest BCUT2D eigenvalue weighted by atomic mass is 79.9. The van der Waals surface area contributed by atoms with Crippen molar-refractivity contribution in [2.45, 2.75) is 39.8 Å². The van der Waals surface area contributed by atoms with Crippen LogP contribution in [-0.2, 0) is 0 Å². The predicted molar refractivity (Wildman–Crippen MR) is 94.9 cm³/mol. The fraction of sp³-hybridized carbons (Fsp3) is 0.375. The Kier molecular flexibility index (Phi) is 5.30. The number of aromatic nitrogens is 2. The number of carbonyl (C=O) groups is 1. The molecule has 1 heterocycles. The van der Waals surface area contributed by atoms with Crippen LogP contribution in [-0.4, -0.2) is 21.8 Å². The standard InChI is InChI=1S/C16H21BrN4O2/c1-9(2)21-15(18)14(8-19-21)16(22)20-12-5-11(17)6-13(7-12)23-10(3)4/h5-10H,18H2,1-4H3,(H,20,22). The second kappa shape index (κ2) is 7.04. The third kappa shape index (κ3) is 4.25. The van der Waals surface area contributed by atoms with Crippen LogP contribution in [0.25, 0.3) is 0 Å². The molecular formula is C16H21BrN4O2. The van der Waals surface area contributed by atoms with Gasteiger partial charge in [-0.1, -0.05) is 15.9 Å². The van der Waals surface area contributed by atoms with Gasteiger partial charge in [-0.2, -0.15) is 5.10 Å². The van der Waals surface area contributed by atoms with Gasteiger partial charge in [0, 0.05) is 22.3 Å². The number of halogens is 1. The Balaban J connectivity index is 2.22. The number of hydrogen-bond acceptors (Lipinski definition) is 4. The molecule has 2 rings (SSSR count). The van der Waals surface area contributed by atoms with Crippen molar-refractivity contribution in [3.05, 3.63) is 34.4 Å². The summed E-state index contributed by atoms with van der Waals surface area (Å²) in [6.07, 6.45) is 1.53. The Morgan fingerprint density at radius 3 is 2.57 bits per heavy atom. The molecule has 0 bridgehead atoms. The highest BCUT2D eigenvalue weighted by molar-refractivity contribution is 9.10. The normalized spacial score (nSPS) is 11.1. The number of benzene rings is 1. The van der Waals surface area contributed by atoms with Gasteiger partial charge in [0.2, 0.25) is 0 Å². The number of nitrogens with zero attached hydrogens (tertiary/aromatic N) is 2. The Morgan fingerprint density at radius 1 is 1.30 bits per heavy atom. The number of nitrogen functional groups attached to an aromatic ring is 1. The van der Waals surface area contributed by atoms with Gasteiger partial charge in [0.15, 0.2) is 0 Å². The van der Waals surface area contributed by atoms with Crippen molar-refractivity contribution in [2.24, 2.45) is 0 Å². The Bertz CT molecular complexity index is 710. The third-order valence-corrected chi connectivity index (χ3v) is 3.53. The Hall–Kier alpha value is -2.02. The zero-order valence-corrected chi connectivity index (χ0v) is 15.2. The summed E-state index contributed by atoms with van der Waals surface area (Å²) in [5, 5.41) is 6.97. The van der Waals surface area contributed by atoms with Crippen LogP contribution in [0.3, 0.4) is 0 Å². The first-order valence-electron chi connectivity index (χ1n) is 7.39. The lowest BCUT2D eigenvalue weighted by Gasteiger charge is -2.12. The van der Waals surface area contributed by atoms with Gasteiger partial charge in [-0.15, -0.1) is 0 Å². The van der Waals surface area contributed by atoms with E-state index >= 15 is 0 Å². The van der Waals surface area contributed by atoms with Gasteiger partial charge in [-0.05, 0) is 39.8 Å². The maximum Gasteiger partial charge on any atom is 0.261 e. The van der Waals surface area contributed by atoms with Crippen molar-refractivity contribution in [1.29, 1.82) is 0 Å². The smallest absolute Gasteiger partial charge is 0.261 e. The second-order valence-electron chi connectivity index (χ2n) is 5.78. The quantitative estimate of drug-likeness (QED) is 0.824. The molecule has 0 aliphatic carbocycles. The molecule has 0 saturated carbocycles. The van der Waals surface area contributed by atoms with E-state index in [0.717, 1.165) is 4.47 Å². The van der Waals surface area contributed by atoms with Crippen LogP contribution in [0.4, 0.5) is 11.5 Å². The first-order chi connectivity index (χ1) is 10.8. The van der Waals surface area contributed by atoms with Gasteiger partial charge in [0.25, 0.3) is 5.91 Å². The summed E-state index contributed by atoms with van der Waals surface area (Å²) in [7, 11) is 0. The first kappa shape index (κ1) is 17.3. The maximum atomic E-state index is 12.4. The van der Waals surface area contributed by atoms with Crippen molar-refractivity contribution in [1.82, 2.24) is 9.78 Å². The average Bonchev–Trinajstić information content (AvgIpc) is 2.79. The highest BCUT2D eigenvalue weighted by Gasteiger charge is 2.17.